The van der Waals surface area contributed by atoms with Gasteiger partial charge in [0, 0.05) is 27.8 Å². The fraction of sp³-hybridized carbons (Fsp3) is 0.0625. The summed E-state index contributed by atoms with van der Waals surface area (Å²) in [6.45, 7) is 4.78. The quantitative estimate of drug-likeness (QED) is 0.147. The molecule has 0 bridgehead atoms. The average Bonchev–Trinajstić information content (AvgIpc) is 3.80. The fourth-order valence-corrected chi connectivity index (χ4v) is 11.1. The molecule has 1 nitrogen and oxygen atoms in total. The van der Waals surface area contributed by atoms with Crippen LogP contribution in [0.15, 0.2) is 249 Å². The van der Waals surface area contributed by atoms with E-state index in [9.17, 15) is 0 Å². The third kappa shape index (κ3) is 6.15. The van der Waals surface area contributed by atoms with Crippen molar-refractivity contribution in [3.63, 3.8) is 0 Å². The molecule has 0 spiro atoms. The SMILES string of the molecule is CC1(c2ccccc2)c2ccccc2-c2ccc(-c3ccc(N(c4ccc(-c5ccccc5)cc4)c4ccccc4-c4ccc5c(c4)C(C)(c4ccccc4)c4ccccc4-5)cc3)cc21. The standard InChI is InChI=1S/C64H47N/c1-63(49-20-8-4-9-21-49)58-27-15-12-25-54(58)56-40-34-47(42-60(56)63)46-32-38-52(39-33-46)65(51-36-30-45(31-37-51)44-18-6-3-7-19-44)62-29-17-14-24-53(62)48-35-41-57-55-26-13-16-28-59(55)64(2,61(57)43-48)50-22-10-5-11-23-50/h3-43H,1-2H3. The van der Waals surface area contributed by atoms with Crippen molar-refractivity contribution >= 4 is 17.1 Å². The smallest absolute Gasteiger partial charge is 0.0540 e. The van der Waals surface area contributed by atoms with Crippen molar-refractivity contribution in [3.05, 3.63) is 282 Å². The van der Waals surface area contributed by atoms with Crippen LogP contribution in [0.25, 0.3) is 55.6 Å². The number of rotatable bonds is 8. The maximum atomic E-state index is 2.45. The first kappa shape index (κ1) is 38.7. The van der Waals surface area contributed by atoms with Crippen LogP contribution >= 0.6 is 0 Å². The van der Waals surface area contributed by atoms with Gasteiger partial charge in [0.05, 0.1) is 5.69 Å². The minimum Gasteiger partial charge on any atom is -0.310 e. The Kier molecular flexibility index (Phi) is 9.14. The van der Waals surface area contributed by atoms with Crippen LogP contribution in [-0.2, 0) is 10.8 Å². The molecule has 2 aliphatic carbocycles. The first-order chi connectivity index (χ1) is 32.0. The van der Waals surface area contributed by atoms with Gasteiger partial charge in [0.25, 0.3) is 0 Å². The van der Waals surface area contributed by atoms with Crippen molar-refractivity contribution in [1.82, 2.24) is 0 Å². The molecule has 0 N–H and O–H groups in total. The van der Waals surface area contributed by atoms with Crippen molar-refractivity contribution in [2.45, 2.75) is 24.7 Å². The number of fused-ring (bicyclic) bond motifs is 6. The van der Waals surface area contributed by atoms with Gasteiger partial charge in [-0.1, -0.05) is 206 Å². The summed E-state index contributed by atoms with van der Waals surface area (Å²) in [4.78, 5) is 2.43. The molecule has 0 heterocycles. The van der Waals surface area contributed by atoms with Crippen molar-refractivity contribution < 1.29 is 0 Å². The van der Waals surface area contributed by atoms with E-state index in [1.807, 2.05) is 0 Å². The van der Waals surface area contributed by atoms with E-state index in [1.54, 1.807) is 0 Å². The van der Waals surface area contributed by atoms with E-state index in [0.29, 0.717) is 0 Å². The van der Waals surface area contributed by atoms with Crippen molar-refractivity contribution in [2.24, 2.45) is 0 Å². The summed E-state index contributed by atoms with van der Waals surface area (Å²) in [7, 11) is 0. The molecular weight excluding hydrogens is 783 g/mol. The molecule has 65 heavy (non-hydrogen) atoms. The fourth-order valence-electron chi connectivity index (χ4n) is 11.1. The van der Waals surface area contributed by atoms with E-state index < -0.39 is 0 Å². The van der Waals surface area contributed by atoms with E-state index in [1.165, 1.54) is 89.0 Å². The molecule has 1 heteroatoms. The third-order valence-corrected chi connectivity index (χ3v) is 14.5. The molecule has 0 saturated carbocycles. The molecule has 0 fully saturated rings. The number of nitrogens with zero attached hydrogens (tertiary/aromatic N) is 1. The Morgan fingerprint density at radius 2 is 0.615 bits per heavy atom. The van der Waals surface area contributed by atoms with Gasteiger partial charge in [0.15, 0.2) is 0 Å². The van der Waals surface area contributed by atoms with Crippen LogP contribution in [-0.4, -0.2) is 0 Å². The van der Waals surface area contributed by atoms with Gasteiger partial charge in [-0.2, -0.15) is 0 Å². The van der Waals surface area contributed by atoms with E-state index in [-0.39, 0.29) is 10.8 Å². The summed E-state index contributed by atoms with van der Waals surface area (Å²) < 4.78 is 0. The molecule has 2 aliphatic rings. The highest BCUT2D eigenvalue weighted by Crippen LogP contribution is 2.55. The molecular formula is C64H47N. The Labute approximate surface area is 382 Å². The van der Waals surface area contributed by atoms with E-state index in [0.717, 1.165) is 17.1 Å². The van der Waals surface area contributed by atoms with Crippen LogP contribution in [0.1, 0.15) is 47.2 Å². The topological polar surface area (TPSA) is 3.24 Å². The van der Waals surface area contributed by atoms with Crippen LogP contribution in [0.3, 0.4) is 0 Å². The van der Waals surface area contributed by atoms with Gasteiger partial charge in [0.2, 0.25) is 0 Å². The van der Waals surface area contributed by atoms with Gasteiger partial charge in [-0.3, -0.25) is 0 Å². The number of hydrogen-bond acceptors (Lipinski definition) is 1. The lowest BCUT2D eigenvalue weighted by Crippen LogP contribution is -2.22. The van der Waals surface area contributed by atoms with E-state index in [4.69, 9.17) is 0 Å². The van der Waals surface area contributed by atoms with Gasteiger partial charge < -0.3 is 4.90 Å². The van der Waals surface area contributed by atoms with Crippen LogP contribution in [0.4, 0.5) is 17.1 Å². The van der Waals surface area contributed by atoms with Crippen LogP contribution in [0, 0.1) is 0 Å². The largest absolute Gasteiger partial charge is 0.310 e. The molecule has 0 aliphatic heterocycles. The normalized spacial score (nSPS) is 16.6. The predicted octanol–water partition coefficient (Wildman–Crippen LogP) is 16.8. The minimum absolute atomic E-state index is 0.256. The summed E-state index contributed by atoms with van der Waals surface area (Å²) in [5.41, 5.74) is 23.2. The lowest BCUT2D eigenvalue weighted by molar-refractivity contribution is 0.714. The summed E-state index contributed by atoms with van der Waals surface area (Å²) in [6, 6.07) is 91.8. The zero-order valence-corrected chi connectivity index (χ0v) is 36.6. The highest BCUT2D eigenvalue weighted by atomic mass is 15.1. The number of anilines is 3. The number of para-hydroxylation sites is 1. The first-order valence-electron chi connectivity index (χ1n) is 22.8. The Morgan fingerprint density at radius 1 is 0.262 bits per heavy atom. The summed E-state index contributed by atoms with van der Waals surface area (Å²) in [5, 5.41) is 0. The van der Waals surface area contributed by atoms with Gasteiger partial charge in [-0.25, -0.2) is 0 Å². The zero-order valence-electron chi connectivity index (χ0n) is 36.6. The van der Waals surface area contributed by atoms with Gasteiger partial charge in [-0.15, -0.1) is 0 Å². The van der Waals surface area contributed by atoms with Crippen molar-refractivity contribution in [2.75, 3.05) is 4.90 Å². The lowest BCUT2D eigenvalue weighted by atomic mass is 9.74. The Morgan fingerprint density at radius 3 is 1.14 bits per heavy atom. The Balaban J connectivity index is 0.977. The van der Waals surface area contributed by atoms with E-state index in [2.05, 4.69) is 267 Å². The summed E-state index contributed by atoms with van der Waals surface area (Å²) in [6.07, 6.45) is 0. The second-order valence-electron chi connectivity index (χ2n) is 17.9. The predicted molar refractivity (Wildman–Crippen MR) is 272 cm³/mol. The van der Waals surface area contributed by atoms with Gasteiger partial charge in [0.1, 0.15) is 0 Å². The van der Waals surface area contributed by atoms with Crippen LogP contribution < -0.4 is 4.90 Å². The lowest BCUT2D eigenvalue weighted by Gasteiger charge is -2.30. The molecule has 2 unspecified atom stereocenters. The highest BCUT2D eigenvalue weighted by Gasteiger charge is 2.42. The maximum absolute atomic E-state index is 2.45. The summed E-state index contributed by atoms with van der Waals surface area (Å²) in [5.74, 6) is 0. The van der Waals surface area contributed by atoms with Crippen molar-refractivity contribution in [3.8, 4) is 55.6 Å². The van der Waals surface area contributed by atoms with Crippen LogP contribution in [0.5, 0.6) is 0 Å². The second kappa shape index (κ2) is 15.4. The molecule has 12 rings (SSSR count). The molecule has 2 atom stereocenters. The summed E-state index contributed by atoms with van der Waals surface area (Å²) >= 11 is 0. The monoisotopic (exact) mass is 829 g/mol. The molecule has 0 saturated heterocycles. The van der Waals surface area contributed by atoms with Gasteiger partial charge in [-0.05, 0) is 140 Å². The molecule has 10 aromatic rings. The first-order valence-corrected chi connectivity index (χ1v) is 22.8. The maximum Gasteiger partial charge on any atom is 0.0540 e. The minimum atomic E-state index is -0.292. The molecule has 0 aromatic heterocycles. The second-order valence-corrected chi connectivity index (χ2v) is 17.9. The molecule has 0 amide bonds. The van der Waals surface area contributed by atoms with E-state index >= 15 is 0 Å². The number of hydrogen-bond donors (Lipinski definition) is 0. The van der Waals surface area contributed by atoms with Gasteiger partial charge >= 0.3 is 0 Å². The number of benzene rings is 10. The highest BCUT2D eigenvalue weighted by molar-refractivity contribution is 5.92. The molecule has 10 aromatic carbocycles. The molecule has 0 radical (unpaired) electrons. The zero-order chi connectivity index (χ0) is 43.5. The Hall–Kier alpha value is -8.00. The van der Waals surface area contributed by atoms with Crippen LogP contribution in [0.2, 0.25) is 0 Å². The Bertz CT molecular complexity index is 3370. The molecule has 308 valence electrons. The third-order valence-electron chi connectivity index (χ3n) is 14.5. The van der Waals surface area contributed by atoms with Crippen molar-refractivity contribution in [1.29, 1.82) is 0 Å². The average molecular weight is 830 g/mol.